The molecule has 9 heteroatoms. The molecule has 0 unspecified atom stereocenters. The molecule has 0 bridgehead atoms. The van der Waals surface area contributed by atoms with Crippen LogP contribution in [0.15, 0.2) is 55.1 Å². The van der Waals surface area contributed by atoms with E-state index in [-0.39, 0.29) is 11.8 Å². The summed E-state index contributed by atoms with van der Waals surface area (Å²) in [4.78, 5) is 40.6. The van der Waals surface area contributed by atoms with Gasteiger partial charge in [0, 0.05) is 49.2 Å². The van der Waals surface area contributed by atoms with Gasteiger partial charge in [-0.25, -0.2) is 0 Å². The van der Waals surface area contributed by atoms with Gasteiger partial charge in [0.25, 0.3) is 11.8 Å². The minimum atomic E-state index is -0.564. The van der Waals surface area contributed by atoms with E-state index in [2.05, 4.69) is 14.9 Å². The summed E-state index contributed by atoms with van der Waals surface area (Å²) in [6, 6.07) is 9.07. The smallest absolute Gasteiger partial charge is 0.259 e. The molecule has 2 amide bonds. The van der Waals surface area contributed by atoms with Gasteiger partial charge < -0.3 is 14.5 Å². The summed E-state index contributed by atoms with van der Waals surface area (Å²) in [6.45, 7) is 6.42. The van der Waals surface area contributed by atoms with Gasteiger partial charge in [-0.3, -0.25) is 24.5 Å². The number of piperazine rings is 1. The number of ether oxygens (including phenoxy) is 1. The fourth-order valence-electron chi connectivity index (χ4n) is 4.91. The minimum absolute atomic E-state index is 0.0681. The first-order chi connectivity index (χ1) is 16.8. The van der Waals surface area contributed by atoms with Crippen molar-refractivity contribution in [3.8, 4) is 5.75 Å². The van der Waals surface area contributed by atoms with E-state index in [0.29, 0.717) is 48.1 Å². The van der Waals surface area contributed by atoms with Crippen LogP contribution in [0.3, 0.4) is 0 Å². The largest absolute Gasteiger partial charge is 0.496 e. The van der Waals surface area contributed by atoms with Crippen LogP contribution >= 0.6 is 11.6 Å². The zero-order valence-electron chi connectivity index (χ0n) is 19.9. The van der Waals surface area contributed by atoms with Crippen LogP contribution in [-0.4, -0.2) is 60.0 Å². The fraction of sp³-hybridized carbons (Fsp3) is 0.308. The molecule has 0 aliphatic carbocycles. The Morgan fingerprint density at radius 2 is 1.74 bits per heavy atom. The number of nitrogens with zero attached hydrogens (tertiary/aromatic N) is 5. The number of aromatic nitrogens is 2. The van der Waals surface area contributed by atoms with Crippen LogP contribution in [0.5, 0.6) is 5.75 Å². The standard InChI is InChI=1S/C26H26ClN5O3/c1-26(2)22-12-17(27)4-5-20(22)25(34)32(26)19-13-18(14-29-15-19)30-8-10-31(11-9-30)24(33)21-16-28-7-6-23(21)35-3/h4-7,12-16H,8-11H2,1-3H3. The lowest BCUT2D eigenvalue weighted by Gasteiger charge is -2.37. The average Bonchev–Trinajstić information content (AvgIpc) is 3.07. The Kier molecular flexibility index (Phi) is 5.84. The molecule has 1 fully saturated rings. The summed E-state index contributed by atoms with van der Waals surface area (Å²) in [5.74, 6) is 0.355. The van der Waals surface area contributed by atoms with E-state index >= 15 is 0 Å². The van der Waals surface area contributed by atoms with Crippen molar-refractivity contribution in [3.05, 3.63) is 76.8 Å². The fourth-order valence-corrected chi connectivity index (χ4v) is 5.09. The first kappa shape index (κ1) is 23.1. The molecule has 0 atom stereocenters. The summed E-state index contributed by atoms with van der Waals surface area (Å²) in [5.41, 5.74) is 3.09. The molecular weight excluding hydrogens is 466 g/mol. The van der Waals surface area contributed by atoms with Crippen LogP contribution in [0.2, 0.25) is 5.02 Å². The minimum Gasteiger partial charge on any atom is -0.496 e. The Bertz CT molecular complexity index is 1300. The number of methoxy groups -OCH3 is 1. The lowest BCUT2D eigenvalue weighted by atomic mass is 9.93. The number of pyridine rings is 2. The molecule has 2 aliphatic rings. The van der Waals surface area contributed by atoms with Gasteiger partial charge in [-0.15, -0.1) is 0 Å². The van der Waals surface area contributed by atoms with Crippen LogP contribution in [0, 0.1) is 0 Å². The summed E-state index contributed by atoms with van der Waals surface area (Å²) in [5, 5.41) is 0.606. The van der Waals surface area contributed by atoms with Gasteiger partial charge >= 0.3 is 0 Å². The van der Waals surface area contributed by atoms with Crippen LogP contribution in [-0.2, 0) is 5.54 Å². The maximum Gasteiger partial charge on any atom is 0.259 e. The first-order valence-corrected chi connectivity index (χ1v) is 11.8. The summed E-state index contributed by atoms with van der Waals surface area (Å²) < 4.78 is 5.32. The zero-order chi connectivity index (χ0) is 24.7. The molecule has 2 aliphatic heterocycles. The van der Waals surface area contributed by atoms with Crippen LogP contribution in [0.4, 0.5) is 11.4 Å². The van der Waals surface area contributed by atoms with Gasteiger partial charge in [0.1, 0.15) is 5.75 Å². The van der Waals surface area contributed by atoms with Gasteiger partial charge in [0.2, 0.25) is 0 Å². The molecule has 1 aromatic carbocycles. The molecule has 180 valence electrons. The number of hydrogen-bond acceptors (Lipinski definition) is 6. The van der Waals surface area contributed by atoms with Crippen molar-refractivity contribution < 1.29 is 14.3 Å². The van der Waals surface area contributed by atoms with E-state index in [1.165, 1.54) is 0 Å². The van der Waals surface area contributed by atoms with Gasteiger partial charge in [0.05, 0.1) is 42.0 Å². The van der Waals surface area contributed by atoms with Crippen LogP contribution < -0.4 is 14.5 Å². The van der Waals surface area contributed by atoms with E-state index in [9.17, 15) is 9.59 Å². The SMILES string of the molecule is COc1ccncc1C(=O)N1CCN(c2cncc(N3C(=O)c4ccc(Cl)cc4C3(C)C)c2)CC1. The highest BCUT2D eigenvalue weighted by Crippen LogP contribution is 2.43. The van der Waals surface area contributed by atoms with Crippen LogP contribution in [0.25, 0.3) is 0 Å². The van der Waals surface area contributed by atoms with Crippen molar-refractivity contribution in [2.45, 2.75) is 19.4 Å². The number of fused-ring (bicyclic) bond motifs is 1. The topological polar surface area (TPSA) is 78.9 Å². The van der Waals surface area contributed by atoms with Crippen molar-refractivity contribution in [3.63, 3.8) is 0 Å². The average molecular weight is 492 g/mol. The van der Waals surface area contributed by atoms with Gasteiger partial charge in [-0.1, -0.05) is 11.6 Å². The second-order valence-corrected chi connectivity index (χ2v) is 9.58. The molecular formula is C26H26ClN5O3. The van der Waals surface area contributed by atoms with Gasteiger partial charge in [-0.05, 0) is 49.7 Å². The number of amides is 2. The Balaban J connectivity index is 1.34. The number of halogens is 1. The lowest BCUT2D eigenvalue weighted by Crippen LogP contribution is -2.49. The second kappa shape index (κ2) is 8.85. The van der Waals surface area contributed by atoms with E-state index < -0.39 is 5.54 Å². The van der Waals surface area contributed by atoms with Gasteiger partial charge in [0.15, 0.2) is 0 Å². The molecule has 5 rings (SSSR count). The third kappa shape index (κ3) is 3.97. The van der Waals surface area contributed by atoms with E-state index in [0.717, 1.165) is 16.9 Å². The number of benzene rings is 1. The molecule has 0 N–H and O–H groups in total. The molecule has 3 aromatic rings. The molecule has 0 radical (unpaired) electrons. The maximum absolute atomic E-state index is 13.3. The van der Waals surface area contributed by atoms with Crippen molar-refractivity contribution >= 4 is 34.8 Å². The number of rotatable bonds is 4. The summed E-state index contributed by atoms with van der Waals surface area (Å²) >= 11 is 6.22. The molecule has 2 aromatic heterocycles. The lowest BCUT2D eigenvalue weighted by molar-refractivity contribution is 0.0742. The highest BCUT2D eigenvalue weighted by molar-refractivity contribution is 6.31. The molecule has 8 nitrogen and oxygen atoms in total. The normalized spacial score (nSPS) is 16.9. The van der Waals surface area contributed by atoms with Crippen molar-refractivity contribution in [1.29, 1.82) is 0 Å². The third-order valence-electron chi connectivity index (χ3n) is 6.76. The van der Waals surface area contributed by atoms with Gasteiger partial charge in [-0.2, -0.15) is 0 Å². The zero-order valence-corrected chi connectivity index (χ0v) is 20.6. The monoisotopic (exact) mass is 491 g/mol. The Hall–Kier alpha value is -3.65. The number of anilines is 2. The highest BCUT2D eigenvalue weighted by atomic mass is 35.5. The number of carbonyl (C=O) groups is 2. The van der Waals surface area contributed by atoms with E-state index in [1.807, 2.05) is 26.0 Å². The number of carbonyl (C=O) groups excluding carboxylic acids is 2. The van der Waals surface area contributed by atoms with E-state index in [4.69, 9.17) is 16.3 Å². The predicted octanol–water partition coefficient (Wildman–Crippen LogP) is 4.00. The molecule has 35 heavy (non-hydrogen) atoms. The van der Waals surface area contributed by atoms with Crippen molar-refractivity contribution in [2.24, 2.45) is 0 Å². The van der Waals surface area contributed by atoms with Crippen molar-refractivity contribution in [1.82, 2.24) is 14.9 Å². The molecule has 0 saturated carbocycles. The molecule has 4 heterocycles. The Labute approximate surface area is 209 Å². The maximum atomic E-state index is 13.3. The highest BCUT2D eigenvalue weighted by Gasteiger charge is 2.44. The van der Waals surface area contributed by atoms with Crippen molar-refractivity contribution in [2.75, 3.05) is 43.1 Å². The summed E-state index contributed by atoms with van der Waals surface area (Å²) in [6.07, 6.45) is 6.65. The molecule has 1 saturated heterocycles. The summed E-state index contributed by atoms with van der Waals surface area (Å²) in [7, 11) is 1.55. The van der Waals surface area contributed by atoms with E-state index in [1.54, 1.807) is 59.9 Å². The number of hydrogen-bond donors (Lipinski definition) is 0. The first-order valence-electron chi connectivity index (χ1n) is 11.4. The Morgan fingerprint density at radius 3 is 2.49 bits per heavy atom. The second-order valence-electron chi connectivity index (χ2n) is 9.15. The third-order valence-corrected chi connectivity index (χ3v) is 7.00. The predicted molar refractivity (Wildman–Crippen MR) is 134 cm³/mol. The Morgan fingerprint density at radius 1 is 1.00 bits per heavy atom. The van der Waals surface area contributed by atoms with Crippen LogP contribution in [0.1, 0.15) is 40.1 Å². The quantitative estimate of drug-likeness (QED) is 0.549. The molecule has 0 spiro atoms.